The average molecular weight is 324 g/mol. The largest absolute Gasteiger partial charge is 0.462 e. The van der Waals surface area contributed by atoms with Gasteiger partial charge in [-0.15, -0.1) is 0 Å². The van der Waals surface area contributed by atoms with Crippen LogP contribution < -0.4 is 5.56 Å². The van der Waals surface area contributed by atoms with Crippen LogP contribution in [-0.2, 0) is 4.74 Å². The lowest BCUT2D eigenvalue weighted by Gasteiger charge is -2.02. The molecular formula is C17H16N4O3. The van der Waals surface area contributed by atoms with Crippen molar-refractivity contribution >= 4 is 18.0 Å². The van der Waals surface area contributed by atoms with Crippen molar-refractivity contribution in [1.82, 2.24) is 14.1 Å². The average Bonchev–Trinajstić information content (AvgIpc) is 2.91. The topological polar surface area (TPSA) is 78.0 Å². The smallest absolute Gasteiger partial charge is 0.345 e. The van der Waals surface area contributed by atoms with Crippen LogP contribution in [0.25, 0.3) is 5.78 Å². The highest BCUT2D eigenvalue weighted by atomic mass is 16.5. The number of carbonyl (C=O) groups excluding carboxylic acids is 1. The first kappa shape index (κ1) is 15.7. The van der Waals surface area contributed by atoms with Gasteiger partial charge in [0, 0.05) is 5.69 Å². The van der Waals surface area contributed by atoms with Crippen LogP contribution in [0.2, 0.25) is 0 Å². The molecule has 0 atom stereocenters. The van der Waals surface area contributed by atoms with Gasteiger partial charge in [-0.1, -0.05) is 30.3 Å². The minimum Gasteiger partial charge on any atom is -0.462 e. The van der Waals surface area contributed by atoms with E-state index in [2.05, 4.69) is 10.1 Å². The maximum absolute atomic E-state index is 12.5. The molecule has 3 rings (SSSR count). The van der Waals surface area contributed by atoms with Gasteiger partial charge in [-0.3, -0.25) is 4.79 Å². The lowest BCUT2D eigenvalue weighted by molar-refractivity contribution is 0.0523. The quantitative estimate of drug-likeness (QED) is 0.542. The van der Waals surface area contributed by atoms with Gasteiger partial charge in [-0.2, -0.15) is 5.10 Å². The van der Waals surface area contributed by atoms with Crippen LogP contribution in [0.3, 0.4) is 0 Å². The minimum atomic E-state index is -0.677. The highest BCUT2D eigenvalue weighted by Crippen LogP contribution is 2.07. The molecule has 2 heterocycles. The Bertz CT molecular complexity index is 971. The molecule has 122 valence electrons. The SMILES string of the molecule is CCOC(=O)c1cnc2n(/N=C/c3ccccc3)cc(C)n2c1=O. The molecule has 0 aliphatic heterocycles. The van der Waals surface area contributed by atoms with Gasteiger partial charge in [0.1, 0.15) is 5.56 Å². The Morgan fingerprint density at radius 2 is 2.08 bits per heavy atom. The van der Waals surface area contributed by atoms with Crippen molar-refractivity contribution in [2.24, 2.45) is 5.10 Å². The Balaban J connectivity index is 2.06. The van der Waals surface area contributed by atoms with Crippen molar-refractivity contribution in [2.75, 3.05) is 6.61 Å². The number of aryl methyl sites for hydroxylation is 1. The molecule has 0 N–H and O–H groups in total. The molecule has 0 aliphatic rings. The van der Waals surface area contributed by atoms with E-state index >= 15 is 0 Å². The molecule has 7 heteroatoms. The summed E-state index contributed by atoms with van der Waals surface area (Å²) in [4.78, 5) is 28.5. The number of benzene rings is 1. The predicted molar refractivity (Wildman–Crippen MR) is 89.6 cm³/mol. The molecule has 0 bridgehead atoms. The number of hydrogen-bond donors (Lipinski definition) is 0. The van der Waals surface area contributed by atoms with Crippen LogP contribution in [0.15, 0.2) is 52.6 Å². The van der Waals surface area contributed by atoms with E-state index in [1.165, 1.54) is 15.3 Å². The van der Waals surface area contributed by atoms with Crippen molar-refractivity contribution in [3.05, 3.63) is 69.9 Å². The summed E-state index contributed by atoms with van der Waals surface area (Å²) in [6.07, 6.45) is 4.58. The fourth-order valence-corrected chi connectivity index (χ4v) is 2.32. The van der Waals surface area contributed by atoms with E-state index in [4.69, 9.17) is 4.74 Å². The number of esters is 1. The first-order valence-electron chi connectivity index (χ1n) is 7.48. The Labute approximate surface area is 137 Å². The van der Waals surface area contributed by atoms with E-state index < -0.39 is 11.5 Å². The van der Waals surface area contributed by atoms with Gasteiger partial charge in [0.2, 0.25) is 5.78 Å². The molecular weight excluding hydrogens is 308 g/mol. The molecule has 1 aromatic carbocycles. The molecule has 0 fully saturated rings. The second-order valence-electron chi connectivity index (χ2n) is 5.10. The molecule has 2 aromatic heterocycles. The summed E-state index contributed by atoms with van der Waals surface area (Å²) in [6.45, 7) is 3.63. The van der Waals surface area contributed by atoms with Gasteiger partial charge in [-0.25, -0.2) is 18.9 Å². The number of aromatic nitrogens is 3. The van der Waals surface area contributed by atoms with E-state index in [9.17, 15) is 9.59 Å². The van der Waals surface area contributed by atoms with Crippen molar-refractivity contribution in [2.45, 2.75) is 13.8 Å². The summed E-state index contributed by atoms with van der Waals surface area (Å²) in [5, 5.41) is 4.33. The highest BCUT2D eigenvalue weighted by Gasteiger charge is 2.17. The fourth-order valence-electron chi connectivity index (χ4n) is 2.32. The van der Waals surface area contributed by atoms with Crippen LogP contribution in [0.5, 0.6) is 0 Å². The van der Waals surface area contributed by atoms with E-state index in [-0.39, 0.29) is 12.2 Å². The Morgan fingerprint density at radius 3 is 2.79 bits per heavy atom. The first-order valence-corrected chi connectivity index (χ1v) is 7.48. The van der Waals surface area contributed by atoms with Crippen LogP contribution in [-0.4, -0.2) is 32.9 Å². The summed E-state index contributed by atoms with van der Waals surface area (Å²) in [7, 11) is 0. The summed E-state index contributed by atoms with van der Waals surface area (Å²) in [5.41, 5.74) is 0.984. The number of nitrogens with zero attached hydrogens (tertiary/aromatic N) is 4. The Hall–Kier alpha value is -3.22. The van der Waals surface area contributed by atoms with Crippen LogP contribution in [0.4, 0.5) is 0 Å². The van der Waals surface area contributed by atoms with Crippen molar-refractivity contribution in [3.8, 4) is 0 Å². The third-order valence-corrected chi connectivity index (χ3v) is 3.44. The third kappa shape index (κ3) is 2.83. The Kier molecular flexibility index (Phi) is 4.24. The number of carbonyl (C=O) groups is 1. The van der Waals surface area contributed by atoms with Gasteiger partial charge in [-0.05, 0) is 19.4 Å². The lowest BCUT2D eigenvalue weighted by atomic mass is 10.2. The summed E-state index contributed by atoms with van der Waals surface area (Å²) in [6, 6.07) is 9.58. The van der Waals surface area contributed by atoms with Gasteiger partial charge in [0.15, 0.2) is 0 Å². The zero-order valence-electron chi connectivity index (χ0n) is 13.3. The normalized spacial score (nSPS) is 11.2. The van der Waals surface area contributed by atoms with Gasteiger partial charge < -0.3 is 4.74 Å². The molecule has 0 unspecified atom stereocenters. The van der Waals surface area contributed by atoms with Crippen molar-refractivity contribution < 1.29 is 9.53 Å². The van der Waals surface area contributed by atoms with Gasteiger partial charge >= 0.3 is 5.97 Å². The van der Waals surface area contributed by atoms with E-state index in [0.29, 0.717) is 11.5 Å². The van der Waals surface area contributed by atoms with E-state index in [1.54, 1.807) is 26.3 Å². The molecule has 0 aliphatic carbocycles. The molecule has 0 spiro atoms. The zero-order valence-corrected chi connectivity index (χ0v) is 13.3. The van der Waals surface area contributed by atoms with Crippen LogP contribution in [0.1, 0.15) is 28.5 Å². The summed E-state index contributed by atoms with van der Waals surface area (Å²) >= 11 is 0. The molecule has 0 amide bonds. The first-order chi connectivity index (χ1) is 11.6. The second-order valence-corrected chi connectivity index (χ2v) is 5.10. The van der Waals surface area contributed by atoms with Crippen molar-refractivity contribution in [3.63, 3.8) is 0 Å². The van der Waals surface area contributed by atoms with Gasteiger partial charge in [0.25, 0.3) is 5.56 Å². The lowest BCUT2D eigenvalue weighted by Crippen LogP contribution is -2.24. The summed E-state index contributed by atoms with van der Waals surface area (Å²) < 4.78 is 7.72. The molecule has 0 radical (unpaired) electrons. The predicted octanol–water partition coefficient (Wildman–Crippen LogP) is 1.86. The van der Waals surface area contributed by atoms with Gasteiger partial charge in [0.05, 0.1) is 25.2 Å². The maximum Gasteiger partial charge on any atom is 0.345 e. The van der Waals surface area contributed by atoms with Crippen molar-refractivity contribution in [1.29, 1.82) is 0 Å². The second kappa shape index (κ2) is 6.49. The Morgan fingerprint density at radius 1 is 1.33 bits per heavy atom. The van der Waals surface area contributed by atoms with Crippen LogP contribution >= 0.6 is 0 Å². The van der Waals surface area contributed by atoms with Crippen LogP contribution in [0, 0.1) is 6.92 Å². The standard InChI is InChI=1S/C17H16N4O3/c1-3-24-16(23)14-10-18-17-20(11-12(2)21(17)15(14)22)19-9-13-7-5-4-6-8-13/h4-11H,3H2,1-2H3/b19-9+. The fraction of sp³-hybridized carbons (Fsp3) is 0.176. The van der Waals surface area contributed by atoms with E-state index in [1.807, 2.05) is 30.3 Å². The highest BCUT2D eigenvalue weighted by molar-refractivity contribution is 5.88. The van der Waals surface area contributed by atoms with E-state index in [0.717, 1.165) is 5.56 Å². The monoisotopic (exact) mass is 324 g/mol. The number of rotatable bonds is 4. The molecule has 0 saturated heterocycles. The number of imidazole rings is 1. The minimum absolute atomic E-state index is 0.0951. The molecule has 3 aromatic rings. The number of fused-ring (bicyclic) bond motifs is 1. The molecule has 7 nitrogen and oxygen atoms in total. The third-order valence-electron chi connectivity index (χ3n) is 3.44. The molecule has 0 saturated carbocycles. The number of ether oxygens (including phenoxy) is 1. The zero-order chi connectivity index (χ0) is 17.1. The number of hydrogen-bond acceptors (Lipinski definition) is 5. The molecule has 24 heavy (non-hydrogen) atoms. The maximum atomic E-state index is 12.5. The summed E-state index contributed by atoms with van der Waals surface area (Å²) in [5.74, 6) is -0.345.